The first-order valence-corrected chi connectivity index (χ1v) is 6.40. The molecule has 0 atom stereocenters. The summed E-state index contributed by atoms with van der Waals surface area (Å²) in [5, 5.41) is 6.83. The monoisotopic (exact) mass is 360 g/mol. The molecule has 0 unspecified atom stereocenters. The highest BCUT2D eigenvalue weighted by Gasteiger charge is 2.13. The summed E-state index contributed by atoms with van der Waals surface area (Å²) in [5.74, 6) is 0. The van der Waals surface area contributed by atoms with Crippen LogP contribution in [0.4, 0.5) is 10.8 Å². The topological polar surface area (TPSA) is 15.9 Å². The van der Waals surface area contributed by atoms with E-state index < -0.39 is 0 Å². The molecule has 1 N–H and O–H groups in total. The summed E-state index contributed by atoms with van der Waals surface area (Å²) >= 11 is 1.74. The van der Waals surface area contributed by atoms with E-state index in [1.54, 1.807) is 11.3 Å². The van der Waals surface area contributed by atoms with Gasteiger partial charge in [0.1, 0.15) is 11.9 Å². The van der Waals surface area contributed by atoms with Crippen LogP contribution in [0, 0.1) is 13.8 Å². The average molecular weight is 360 g/mol. The molecule has 0 aliphatic rings. The lowest BCUT2D eigenvalue weighted by atomic mass is 10.1. The summed E-state index contributed by atoms with van der Waals surface area (Å²) in [4.78, 5) is 0. The van der Waals surface area contributed by atoms with Crippen LogP contribution in [0.25, 0.3) is 0 Å². The van der Waals surface area contributed by atoms with Gasteiger partial charge in [-0.1, -0.05) is 29.5 Å². The Hall–Kier alpha value is -0.620. The van der Waals surface area contributed by atoms with Crippen LogP contribution in [-0.4, -0.2) is 0 Å². The zero-order valence-corrected chi connectivity index (χ0v) is 13.3. The molecular formula is C13H17IN2S. The zero-order chi connectivity index (χ0) is 11.5. The molecule has 4 heteroatoms. The Balaban J connectivity index is 0.00000144. The molecule has 1 aromatic carbocycles. The van der Waals surface area contributed by atoms with E-state index in [1.807, 2.05) is 0 Å². The van der Waals surface area contributed by atoms with Gasteiger partial charge in [-0.3, -0.25) is 0 Å². The molecular weight excluding hydrogens is 343 g/mol. The lowest BCUT2D eigenvalue weighted by Crippen LogP contribution is -3.00. The van der Waals surface area contributed by atoms with Gasteiger partial charge in [-0.05, 0) is 31.9 Å². The summed E-state index contributed by atoms with van der Waals surface area (Å²) in [7, 11) is 0. The first-order valence-electron chi connectivity index (χ1n) is 5.52. The Morgan fingerprint density at radius 2 is 1.88 bits per heavy atom. The lowest BCUT2D eigenvalue weighted by Gasteiger charge is -2.06. The predicted octanol–water partition coefficient (Wildman–Crippen LogP) is 0.420. The molecule has 0 fully saturated rings. The summed E-state index contributed by atoms with van der Waals surface area (Å²) < 4.78 is 2.22. The summed E-state index contributed by atoms with van der Waals surface area (Å²) in [5.41, 5.74) is 3.80. The van der Waals surface area contributed by atoms with Gasteiger partial charge in [-0.15, -0.1) is 0 Å². The second-order valence-electron chi connectivity index (χ2n) is 3.89. The standard InChI is InChI=1S/C13H16N2S.HI/c1-4-15-8-9-16-13(15)14-12-10(2)6-5-7-11(12)3;/h5-9H,4H2,1-3H3;1H. The maximum absolute atomic E-state index is 3.52. The third-order valence-corrected chi connectivity index (χ3v) is 3.55. The van der Waals surface area contributed by atoms with E-state index in [2.05, 4.69) is 60.4 Å². The number of hydrogen-bond donors (Lipinski definition) is 1. The number of benzene rings is 1. The largest absolute Gasteiger partial charge is 1.00 e. The molecule has 0 aliphatic carbocycles. The van der Waals surface area contributed by atoms with Crippen LogP contribution < -0.4 is 33.9 Å². The third-order valence-electron chi connectivity index (χ3n) is 2.74. The minimum atomic E-state index is 0. The van der Waals surface area contributed by atoms with Gasteiger partial charge in [0.15, 0.2) is 0 Å². The Morgan fingerprint density at radius 3 is 2.47 bits per heavy atom. The van der Waals surface area contributed by atoms with Crippen LogP contribution in [0.15, 0.2) is 29.8 Å². The van der Waals surface area contributed by atoms with Crippen LogP contribution in [0.5, 0.6) is 0 Å². The van der Waals surface area contributed by atoms with Gasteiger partial charge in [0.25, 0.3) is 0 Å². The van der Waals surface area contributed by atoms with E-state index >= 15 is 0 Å². The van der Waals surface area contributed by atoms with Crippen molar-refractivity contribution in [2.75, 3.05) is 5.32 Å². The number of aromatic nitrogens is 1. The van der Waals surface area contributed by atoms with Gasteiger partial charge in [-0.2, -0.15) is 0 Å². The van der Waals surface area contributed by atoms with Gasteiger partial charge in [0.2, 0.25) is 0 Å². The van der Waals surface area contributed by atoms with Crippen molar-refractivity contribution >= 4 is 22.2 Å². The SMILES string of the molecule is CC[n+]1ccsc1Nc1c(C)cccc1C.[I-]. The van der Waals surface area contributed by atoms with Gasteiger partial charge >= 0.3 is 5.13 Å². The van der Waals surface area contributed by atoms with Crippen molar-refractivity contribution in [2.45, 2.75) is 27.3 Å². The van der Waals surface area contributed by atoms with Crippen molar-refractivity contribution in [3.8, 4) is 0 Å². The van der Waals surface area contributed by atoms with Crippen LogP contribution in [0.2, 0.25) is 0 Å². The second-order valence-corrected chi connectivity index (χ2v) is 4.78. The van der Waals surface area contributed by atoms with Crippen molar-refractivity contribution in [3.63, 3.8) is 0 Å². The Morgan fingerprint density at radius 1 is 1.24 bits per heavy atom. The average Bonchev–Trinajstić information content (AvgIpc) is 2.71. The molecule has 2 nitrogen and oxygen atoms in total. The molecule has 0 saturated carbocycles. The smallest absolute Gasteiger partial charge is 0.338 e. The highest BCUT2D eigenvalue weighted by atomic mass is 127. The van der Waals surface area contributed by atoms with Crippen molar-refractivity contribution in [1.82, 2.24) is 0 Å². The Bertz CT molecular complexity index is 474. The lowest BCUT2D eigenvalue weighted by molar-refractivity contribution is -0.675. The minimum Gasteiger partial charge on any atom is -1.00 e. The van der Waals surface area contributed by atoms with Crippen LogP contribution in [0.1, 0.15) is 18.1 Å². The van der Waals surface area contributed by atoms with Gasteiger partial charge < -0.3 is 24.0 Å². The van der Waals surface area contributed by atoms with Gasteiger partial charge in [-0.25, -0.2) is 9.88 Å². The molecule has 92 valence electrons. The quantitative estimate of drug-likeness (QED) is 0.620. The number of rotatable bonds is 3. The minimum absolute atomic E-state index is 0. The maximum atomic E-state index is 3.52. The molecule has 1 aromatic heterocycles. The molecule has 2 rings (SSSR count). The third kappa shape index (κ3) is 3.19. The number of anilines is 2. The number of hydrogen-bond acceptors (Lipinski definition) is 2. The van der Waals surface area contributed by atoms with E-state index in [4.69, 9.17) is 0 Å². The number of halogens is 1. The maximum Gasteiger partial charge on any atom is 0.338 e. The zero-order valence-electron chi connectivity index (χ0n) is 10.3. The van der Waals surface area contributed by atoms with E-state index in [9.17, 15) is 0 Å². The summed E-state index contributed by atoms with van der Waals surface area (Å²) in [6.45, 7) is 7.43. The van der Waals surface area contributed by atoms with Crippen LogP contribution in [0.3, 0.4) is 0 Å². The molecule has 0 bridgehead atoms. The molecule has 0 saturated heterocycles. The normalized spacial score (nSPS) is 9.82. The van der Waals surface area contributed by atoms with E-state index in [1.165, 1.54) is 21.9 Å². The molecule has 2 aromatic rings. The fourth-order valence-corrected chi connectivity index (χ4v) is 2.60. The Kier molecular flexibility index (Phi) is 5.39. The number of para-hydroxylation sites is 1. The van der Waals surface area contributed by atoms with Crippen LogP contribution >= 0.6 is 11.3 Å². The van der Waals surface area contributed by atoms with Crippen molar-refractivity contribution < 1.29 is 28.5 Å². The van der Waals surface area contributed by atoms with Gasteiger partial charge in [0, 0.05) is 5.38 Å². The number of nitrogens with one attached hydrogen (secondary N) is 1. The van der Waals surface area contributed by atoms with Crippen molar-refractivity contribution in [3.05, 3.63) is 40.9 Å². The Labute approximate surface area is 124 Å². The fraction of sp³-hybridized carbons (Fsp3) is 0.308. The van der Waals surface area contributed by atoms with Crippen LogP contribution in [-0.2, 0) is 6.54 Å². The number of aryl methyl sites for hydroxylation is 3. The van der Waals surface area contributed by atoms with E-state index in [0.717, 1.165) is 6.54 Å². The number of thiazole rings is 1. The summed E-state index contributed by atoms with van der Waals surface area (Å²) in [6.07, 6.45) is 2.11. The highest BCUT2D eigenvalue weighted by Crippen LogP contribution is 2.24. The first kappa shape index (κ1) is 14.4. The molecule has 0 radical (unpaired) electrons. The molecule has 0 spiro atoms. The fourth-order valence-electron chi connectivity index (χ4n) is 1.77. The van der Waals surface area contributed by atoms with Crippen molar-refractivity contribution in [2.24, 2.45) is 0 Å². The molecule has 0 aliphatic heterocycles. The van der Waals surface area contributed by atoms with Crippen molar-refractivity contribution in [1.29, 1.82) is 0 Å². The number of nitrogens with zero attached hydrogens (tertiary/aromatic N) is 1. The molecule has 17 heavy (non-hydrogen) atoms. The molecule has 1 heterocycles. The summed E-state index contributed by atoms with van der Waals surface area (Å²) in [6, 6.07) is 6.37. The molecule has 0 amide bonds. The predicted molar refractivity (Wildman–Crippen MR) is 69.4 cm³/mol. The van der Waals surface area contributed by atoms with E-state index in [0.29, 0.717) is 0 Å². The second kappa shape index (κ2) is 6.35. The first-order chi connectivity index (χ1) is 7.72. The van der Waals surface area contributed by atoms with Gasteiger partial charge in [0.05, 0.1) is 6.54 Å². The van der Waals surface area contributed by atoms with E-state index in [-0.39, 0.29) is 24.0 Å². The highest BCUT2D eigenvalue weighted by molar-refractivity contribution is 7.13.